The molecular formula is C22H27N2O4-. The summed E-state index contributed by atoms with van der Waals surface area (Å²) in [6.45, 7) is 3.22. The Morgan fingerprint density at radius 3 is 2.32 bits per heavy atom. The molecule has 1 atom stereocenters. The molecule has 1 aromatic carbocycles. The maximum absolute atomic E-state index is 13.3. The number of hydrogen-bond donors (Lipinski definition) is 0. The molecule has 1 saturated carbocycles. The van der Waals surface area contributed by atoms with E-state index in [2.05, 4.69) is 0 Å². The molecule has 1 fully saturated rings. The zero-order valence-electron chi connectivity index (χ0n) is 16.5. The van der Waals surface area contributed by atoms with Crippen molar-refractivity contribution in [1.82, 2.24) is 9.80 Å². The van der Waals surface area contributed by atoms with Crippen LogP contribution in [0.1, 0.15) is 51.5 Å². The molecular weight excluding hydrogens is 356 g/mol. The second-order valence-electron chi connectivity index (χ2n) is 7.95. The molecule has 1 heterocycles. The molecule has 1 unspecified atom stereocenters. The maximum atomic E-state index is 13.3. The smallest absolute Gasteiger partial charge is 0.250 e. The van der Waals surface area contributed by atoms with Gasteiger partial charge in [0, 0.05) is 12.1 Å². The quantitative estimate of drug-likeness (QED) is 0.779. The van der Waals surface area contributed by atoms with Crippen molar-refractivity contribution in [2.45, 2.75) is 52.0 Å². The van der Waals surface area contributed by atoms with Gasteiger partial charge in [0.25, 0.3) is 5.91 Å². The molecule has 28 heavy (non-hydrogen) atoms. The fraction of sp³-hybridized carbons (Fsp3) is 0.500. The number of carbonyl (C=O) groups is 3. The first-order valence-electron chi connectivity index (χ1n) is 10.0. The van der Waals surface area contributed by atoms with Crippen LogP contribution in [0.25, 0.3) is 5.70 Å². The molecule has 0 N–H and O–H groups in total. The van der Waals surface area contributed by atoms with Crippen LogP contribution in [0, 0.1) is 11.8 Å². The number of benzene rings is 1. The first-order valence-corrected chi connectivity index (χ1v) is 10.0. The summed E-state index contributed by atoms with van der Waals surface area (Å²) in [5.74, 6) is -1.95. The highest BCUT2D eigenvalue weighted by molar-refractivity contribution is 5.99. The number of rotatable bonds is 5. The summed E-state index contributed by atoms with van der Waals surface area (Å²) in [5, 5.41) is 11.3. The topological polar surface area (TPSA) is 80.8 Å². The lowest BCUT2D eigenvalue weighted by Crippen LogP contribution is -2.57. The Morgan fingerprint density at radius 2 is 1.75 bits per heavy atom. The molecule has 2 aliphatic rings. The summed E-state index contributed by atoms with van der Waals surface area (Å²) in [6.07, 6.45) is 6.53. The maximum Gasteiger partial charge on any atom is 0.250 e. The lowest BCUT2D eigenvalue weighted by molar-refractivity contribution is -0.305. The van der Waals surface area contributed by atoms with Crippen molar-refractivity contribution in [1.29, 1.82) is 0 Å². The molecule has 0 bridgehead atoms. The van der Waals surface area contributed by atoms with E-state index in [9.17, 15) is 19.5 Å². The standard InChI is InChI=1S/C22H28N2O4/c1-15(2)20-22(28)23(14-19(25)26)18(16-9-5-3-6-10-16)13-24(20)21(27)17-11-7-4-8-12-17/h3,5-6,9-10,13,15,17,20H,4,7-8,11-12,14H2,1-2H3,(H,25,26)/p-1. The van der Waals surface area contributed by atoms with Crippen molar-refractivity contribution in [3.8, 4) is 0 Å². The molecule has 6 nitrogen and oxygen atoms in total. The van der Waals surface area contributed by atoms with E-state index in [0.717, 1.165) is 32.1 Å². The van der Waals surface area contributed by atoms with Crippen LogP contribution in [0.4, 0.5) is 0 Å². The molecule has 0 saturated heterocycles. The van der Waals surface area contributed by atoms with Crippen molar-refractivity contribution < 1.29 is 19.5 Å². The fourth-order valence-electron chi connectivity index (χ4n) is 4.18. The minimum atomic E-state index is -1.33. The number of amides is 2. The van der Waals surface area contributed by atoms with Gasteiger partial charge in [-0.1, -0.05) is 63.4 Å². The number of carbonyl (C=O) groups excluding carboxylic acids is 3. The third-order valence-electron chi connectivity index (χ3n) is 5.57. The predicted molar refractivity (Wildman–Crippen MR) is 103 cm³/mol. The van der Waals surface area contributed by atoms with Gasteiger partial charge in [-0.3, -0.25) is 9.59 Å². The highest BCUT2D eigenvalue weighted by atomic mass is 16.4. The number of carboxylic acids is 1. The Hall–Kier alpha value is -2.63. The predicted octanol–water partition coefficient (Wildman–Crippen LogP) is 2.01. The molecule has 3 rings (SSSR count). The van der Waals surface area contributed by atoms with Gasteiger partial charge in [-0.05, 0) is 24.3 Å². The van der Waals surface area contributed by atoms with Gasteiger partial charge in [0.2, 0.25) is 5.91 Å². The number of hydrogen-bond acceptors (Lipinski definition) is 4. The highest BCUT2D eigenvalue weighted by Crippen LogP contribution is 2.33. The Morgan fingerprint density at radius 1 is 1.11 bits per heavy atom. The van der Waals surface area contributed by atoms with Crippen LogP contribution in [-0.2, 0) is 14.4 Å². The SMILES string of the molecule is CC(C)C1C(=O)N(CC(=O)[O-])C(c2ccccc2)=CN1C(=O)C1CCCCC1. The van der Waals surface area contributed by atoms with Gasteiger partial charge in [0.15, 0.2) is 0 Å². The third-order valence-corrected chi connectivity index (χ3v) is 5.57. The van der Waals surface area contributed by atoms with E-state index < -0.39 is 18.6 Å². The molecule has 1 aromatic rings. The lowest BCUT2D eigenvalue weighted by atomic mass is 9.87. The minimum absolute atomic E-state index is 0.0340. The molecule has 1 aliphatic heterocycles. The van der Waals surface area contributed by atoms with E-state index in [1.54, 1.807) is 23.2 Å². The average molecular weight is 383 g/mol. The van der Waals surface area contributed by atoms with E-state index >= 15 is 0 Å². The van der Waals surface area contributed by atoms with E-state index in [4.69, 9.17) is 0 Å². The second kappa shape index (κ2) is 8.59. The van der Waals surface area contributed by atoms with E-state index in [1.807, 2.05) is 32.0 Å². The Kier molecular flexibility index (Phi) is 6.17. The zero-order chi connectivity index (χ0) is 20.3. The summed E-state index contributed by atoms with van der Waals surface area (Å²) in [4.78, 5) is 40.7. The van der Waals surface area contributed by atoms with Crippen molar-refractivity contribution >= 4 is 23.5 Å². The van der Waals surface area contributed by atoms with E-state index in [-0.39, 0.29) is 23.7 Å². The number of nitrogens with zero attached hydrogens (tertiary/aromatic N) is 2. The molecule has 0 radical (unpaired) electrons. The van der Waals surface area contributed by atoms with Crippen molar-refractivity contribution in [3.63, 3.8) is 0 Å². The third kappa shape index (κ3) is 4.11. The van der Waals surface area contributed by atoms with Crippen LogP contribution in [-0.4, -0.2) is 40.2 Å². The van der Waals surface area contributed by atoms with Crippen LogP contribution < -0.4 is 5.11 Å². The van der Waals surface area contributed by atoms with Gasteiger partial charge in [0.1, 0.15) is 6.04 Å². The van der Waals surface area contributed by atoms with Gasteiger partial charge >= 0.3 is 0 Å². The minimum Gasteiger partial charge on any atom is -0.548 e. The van der Waals surface area contributed by atoms with Crippen LogP contribution in [0.15, 0.2) is 36.5 Å². The van der Waals surface area contributed by atoms with Crippen LogP contribution in [0.3, 0.4) is 0 Å². The lowest BCUT2D eigenvalue weighted by Gasteiger charge is -2.42. The van der Waals surface area contributed by atoms with Crippen molar-refractivity contribution in [3.05, 3.63) is 42.1 Å². The van der Waals surface area contributed by atoms with Gasteiger partial charge in [-0.25, -0.2) is 0 Å². The van der Waals surface area contributed by atoms with Gasteiger partial charge in [-0.2, -0.15) is 0 Å². The van der Waals surface area contributed by atoms with Crippen LogP contribution in [0.5, 0.6) is 0 Å². The summed E-state index contributed by atoms with van der Waals surface area (Å²) >= 11 is 0. The van der Waals surface area contributed by atoms with Crippen molar-refractivity contribution in [2.75, 3.05) is 6.54 Å². The summed E-state index contributed by atoms with van der Waals surface area (Å²) < 4.78 is 0. The Labute approximate surface area is 165 Å². The summed E-state index contributed by atoms with van der Waals surface area (Å²) in [6, 6.07) is 8.39. The Bertz CT molecular complexity index is 766. The van der Waals surface area contributed by atoms with Gasteiger partial charge in [0.05, 0.1) is 18.2 Å². The van der Waals surface area contributed by atoms with Crippen LogP contribution >= 0.6 is 0 Å². The fourth-order valence-corrected chi connectivity index (χ4v) is 4.18. The van der Waals surface area contributed by atoms with Gasteiger partial charge in [-0.15, -0.1) is 0 Å². The molecule has 6 heteroatoms. The molecule has 150 valence electrons. The molecule has 1 aliphatic carbocycles. The van der Waals surface area contributed by atoms with Gasteiger partial charge < -0.3 is 19.7 Å². The molecule has 0 aromatic heterocycles. The highest BCUT2D eigenvalue weighted by Gasteiger charge is 2.42. The summed E-state index contributed by atoms with van der Waals surface area (Å²) in [5.41, 5.74) is 1.12. The largest absolute Gasteiger partial charge is 0.548 e. The van der Waals surface area contributed by atoms with Crippen LogP contribution in [0.2, 0.25) is 0 Å². The normalized spacial score (nSPS) is 21.0. The number of aliphatic carboxylic acids is 1. The molecule has 2 amide bonds. The summed E-state index contributed by atoms with van der Waals surface area (Å²) in [7, 11) is 0. The van der Waals surface area contributed by atoms with Crippen molar-refractivity contribution in [2.24, 2.45) is 11.8 Å². The van der Waals surface area contributed by atoms with E-state index in [1.165, 1.54) is 4.90 Å². The average Bonchev–Trinajstić information content (AvgIpc) is 2.69. The second-order valence-corrected chi connectivity index (χ2v) is 7.95. The monoisotopic (exact) mass is 383 g/mol. The molecule has 0 spiro atoms. The number of carboxylic acid groups (broad SMARTS) is 1. The Balaban J connectivity index is 2.05. The first kappa shape index (κ1) is 20.1. The van der Waals surface area contributed by atoms with E-state index in [0.29, 0.717) is 11.3 Å². The first-order chi connectivity index (χ1) is 13.4. The zero-order valence-corrected chi connectivity index (χ0v) is 16.5.